The van der Waals surface area contributed by atoms with Gasteiger partial charge in [-0.15, -0.1) is 0 Å². The van der Waals surface area contributed by atoms with E-state index in [4.69, 9.17) is 10.5 Å². The number of hydrogen-bond acceptors (Lipinski definition) is 4. The van der Waals surface area contributed by atoms with Gasteiger partial charge in [0.05, 0.1) is 13.2 Å². The third-order valence-electron chi connectivity index (χ3n) is 3.82. The highest BCUT2D eigenvalue weighted by atomic mass is 79.9. The summed E-state index contributed by atoms with van der Waals surface area (Å²) in [5.41, 5.74) is 6.45. The average molecular weight is 412 g/mol. The summed E-state index contributed by atoms with van der Waals surface area (Å²) in [7, 11) is 0. The van der Waals surface area contributed by atoms with Crippen LogP contribution in [0.3, 0.4) is 0 Å². The SMILES string of the molecule is NC(=NCCCN1CCOCC1)NCCNC(=O)c1cccc(Br)c1. The molecule has 25 heavy (non-hydrogen) atoms. The lowest BCUT2D eigenvalue weighted by Crippen LogP contribution is -2.39. The number of aliphatic imine (C=N–C) groups is 1. The van der Waals surface area contributed by atoms with Crippen molar-refractivity contribution in [3.63, 3.8) is 0 Å². The third-order valence-corrected chi connectivity index (χ3v) is 4.32. The van der Waals surface area contributed by atoms with Crippen LogP contribution in [0.15, 0.2) is 33.7 Å². The summed E-state index contributed by atoms with van der Waals surface area (Å²) < 4.78 is 6.20. The molecule has 2 rings (SSSR count). The molecule has 0 spiro atoms. The Hall–Kier alpha value is -1.64. The van der Waals surface area contributed by atoms with E-state index in [-0.39, 0.29) is 5.91 Å². The zero-order valence-corrected chi connectivity index (χ0v) is 15.9. The predicted octanol–water partition coefficient (Wildman–Crippen LogP) is 0.806. The average Bonchev–Trinajstić information content (AvgIpc) is 2.63. The Balaban J connectivity index is 1.55. The van der Waals surface area contributed by atoms with Crippen LogP contribution in [0.25, 0.3) is 0 Å². The molecule has 0 aromatic heterocycles. The van der Waals surface area contributed by atoms with Gasteiger partial charge in [-0.3, -0.25) is 14.7 Å². The molecule has 0 atom stereocenters. The molecule has 7 nitrogen and oxygen atoms in total. The minimum absolute atomic E-state index is 0.107. The number of hydrogen-bond donors (Lipinski definition) is 3. The van der Waals surface area contributed by atoms with Crippen LogP contribution < -0.4 is 16.4 Å². The van der Waals surface area contributed by atoms with Gasteiger partial charge in [0, 0.05) is 49.3 Å². The highest BCUT2D eigenvalue weighted by Gasteiger charge is 2.09. The second kappa shape index (κ2) is 11.1. The van der Waals surface area contributed by atoms with E-state index >= 15 is 0 Å². The van der Waals surface area contributed by atoms with Crippen molar-refractivity contribution >= 4 is 27.8 Å². The Labute approximate surface area is 157 Å². The first kappa shape index (κ1) is 19.7. The molecule has 1 amide bonds. The van der Waals surface area contributed by atoms with E-state index in [1.54, 1.807) is 12.1 Å². The van der Waals surface area contributed by atoms with Gasteiger partial charge in [-0.05, 0) is 24.6 Å². The first-order valence-corrected chi connectivity index (χ1v) is 9.32. The summed E-state index contributed by atoms with van der Waals surface area (Å²) in [6.07, 6.45) is 0.974. The summed E-state index contributed by atoms with van der Waals surface area (Å²) in [6, 6.07) is 7.28. The topological polar surface area (TPSA) is 92.0 Å². The van der Waals surface area contributed by atoms with Crippen molar-refractivity contribution in [2.75, 3.05) is 52.5 Å². The lowest BCUT2D eigenvalue weighted by molar-refractivity contribution is 0.0377. The molecule has 0 bridgehead atoms. The van der Waals surface area contributed by atoms with Crippen molar-refractivity contribution in [3.05, 3.63) is 34.3 Å². The highest BCUT2D eigenvalue weighted by molar-refractivity contribution is 9.10. The van der Waals surface area contributed by atoms with Crippen LogP contribution in [-0.2, 0) is 4.74 Å². The summed E-state index contributed by atoms with van der Waals surface area (Å²) >= 11 is 3.35. The monoisotopic (exact) mass is 411 g/mol. The van der Waals surface area contributed by atoms with Gasteiger partial charge < -0.3 is 21.1 Å². The zero-order valence-electron chi connectivity index (χ0n) is 14.3. The van der Waals surface area contributed by atoms with E-state index in [9.17, 15) is 4.79 Å². The standard InChI is InChI=1S/C17H26BrN5O2/c18-15-4-1-3-14(13-15)16(24)20-6-7-22-17(19)21-5-2-8-23-9-11-25-12-10-23/h1,3-4,13H,2,5-12H2,(H,20,24)(H3,19,21,22). The predicted molar refractivity (Wildman–Crippen MR) is 103 cm³/mol. The highest BCUT2D eigenvalue weighted by Crippen LogP contribution is 2.11. The van der Waals surface area contributed by atoms with Gasteiger partial charge in [-0.1, -0.05) is 22.0 Å². The molecule has 0 saturated carbocycles. The first-order chi connectivity index (χ1) is 12.1. The molecule has 138 valence electrons. The maximum Gasteiger partial charge on any atom is 0.251 e. The van der Waals surface area contributed by atoms with Gasteiger partial charge in [0.2, 0.25) is 0 Å². The number of guanidine groups is 1. The van der Waals surface area contributed by atoms with Gasteiger partial charge in [-0.25, -0.2) is 0 Å². The van der Waals surface area contributed by atoms with E-state index in [1.165, 1.54) is 0 Å². The molecule has 1 aliphatic rings. The smallest absolute Gasteiger partial charge is 0.251 e. The molecule has 1 fully saturated rings. The number of nitrogens with two attached hydrogens (primary N) is 1. The number of halogens is 1. The number of rotatable bonds is 8. The summed E-state index contributed by atoms with van der Waals surface area (Å²) in [4.78, 5) is 18.6. The van der Waals surface area contributed by atoms with Crippen molar-refractivity contribution in [1.29, 1.82) is 0 Å². The van der Waals surface area contributed by atoms with E-state index in [0.29, 0.717) is 31.2 Å². The minimum atomic E-state index is -0.107. The van der Waals surface area contributed by atoms with E-state index in [1.807, 2.05) is 12.1 Å². The number of nitrogens with one attached hydrogen (secondary N) is 2. The molecule has 1 saturated heterocycles. The van der Waals surface area contributed by atoms with Crippen molar-refractivity contribution in [2.45, 2.75) is 6.42 Å². The van der Waals surface area contributed by atoms with Gasteiger partial charge in [0.15, 0.2) is 5.96 Å². The second-order valence-electron chi connectivity index (χ2n) is 5.77. The number of carbonyl (C=O) groups is 1. The van der Waals surface area contributed by atoms with E-state index < -0.39 is 0 Å². The Morgan fingerprint density at radius 3 is 2.80 bits per heavy atom. The third kappa shape index (κ3) is 7.85. The molecule has 0 unspecified atom stereocenters. The Morgan fingerprint density at radius 1 is 1.28 bits per heavy atom. The number of carbonyl (C=O) groups excluding carboxylic acids is 1. The van der Waals surface area contributed by atoms with Gasteiger partial charge in [-0.2, -0.15) is 0 Å². The summed E-state index contributed by atoms with van der Waals surface area (Å²) in [6.45, 7) is 6.36. The van der Waals surface area contributed by atoms with Gasteiger partial charge >= 0.3 is 0 Å². The molecule has 1 aromatic rings. The number of ether oxygens (including phenoxy) is 1. The zero-order chi connectivity index (χ0) is 17.9. The van der Waals surface area contributed by atoms with E-state index in [0.717, 1.165) is 43.7 Å². The van der Waals surface area contributed by atoms with Crippen LogP contribution in [-0.4, -0.2) is 69.2 Å². The van der Waals surface area contributed by atoms with Crippen LogP contribution in [0, 0.1) is 0 Å². The van der Waals surface area contributed by atoms with Crippen LogP contribution >= 0.6 is 15.9 Å². The molecule has 0 aliphatic carbocycles. The molecule has 1 aliphatic heterocycles. The largest absolute Gasteiger partial charge is 0.379 e. The fourth-order valence-corrected chi connectivity index (χ4v) is 2.87. The number of nitrogens with zero attached hydrogens (tertiary/aromatic N) is 2. The number of morpholine rings is 1. The van der Waals surface area contributed by atoms with Crippen molar-refractivity contribution in [2.24, 2.45) is 10.7 Å². The van der Waals surface area contributed by atoms with Crippen LogP contribution in [0.1, 0.15) is 16.8 Å². The molecule has 1 heterocycles. The second-order valence-corrected chi connectivity index (χ2v) is 6.68. The summed E-state index contributed by atoms with van der Waals surface area (Å²) in [5, 5.41) is 5.85. The molecular weight excluding hydrogens is 386 g/mol. The normalized spacial score (nSPS) is 15.8. The Morgan fingerprint density at radius 2 is 2.04 bits per heavy atom. The van der Waals surface area contributed by atoms with Crippen LogP contribution in [0.4, 0.5) is 0 Å². The van der Waals surface area contributed by atoms with Crippen LogP contribution in [0.5, 0.6) is 0 Å². The fourth-order valence-electron chi connectivity index (χ4n) is 2.47. The molecule has 4 N–H and O–H groups in total. The molecule has 1 aromatic carbocycles. The van der Waals surface area contributed by atoms with Crippen molar-refractivity contribution in [1.82, 2.24) is 15.5 Å². The maximum atomic E-state index is 12.0. The fraction of sp³-hybridized carbons (Fsp3) is 0.529. The first-order valence-electron chi connectivity index (χ1n) is 8.53. The van der Waals surface area contributed by atoms with Gasteiger partial charge in [0.25, 0.3) is 5.91 Å². The molecular formula is C17H26BrN5O2. The minimum Gasteiger partial charge on any atom is -0.379 e. The summed E-state index contributed by atoms with van der Waals surface area (Å²) in [5.74, 6) is 0.308. The Bertz CT molecular complexity index is 576. The van der Waals surface area contributed by atoms with Crippen molar-refractivity contribution < 1.29 is 9.53 Å². The van der Waals surface area contributed by atoms with E-state index in [2.05, 4.69) is 36.5 Å². The molecule has 0 radical (unpaired) electrons. The Kier molecular flexibility index (Phi) is 8.71. The number of benzene rings is 1. The quantitative estimate of drug-likeness (QED) is 0.334. The maximum absolute atomic E-state index is 12.0. The molecule has 8 heteroatoms. The van der Waals surface area contributed by atoms with Crippen molar-refractivity contribution in [3.8, 4) is 0 Å². The van der Waals surface area contributed by atoms with Gasteiger partial charge in [0.1, 0.15) is 0 Å². The lowest BCUT2D eigenvalue weighted by Gasteiger charge is -2.26. The number of amides is 1. The lowest BCUT2D eigenvalue weighted by atomic mass is 10.2. The van der Waals surface area contributed by atoms with Crippen LogP contribution in [0.2, 0.25) is 0 Å².